The third-order valence-electron chi connectivity index (χ3n) is 1.87. The van der Waals surface area contributed by atoms with Crippen LogP contribution < -0.4 is 5.32 Å². The van der Waals surface area contributed by atoms with Gasteiger partial charge in [-0.2, -0.15) is 0 Å². The first-order valence-corrected chi connectivity index (χ1v) is 4.98. The lowest BCUT2D eigenvalue weighted by atomic mass is 10.0. The van der Waals surface area contributed by atoms with E-state index in [9.17, 15) is 9.59 Å². The van der Waals surface area contributed by atoms with Crippen molar-refractivity contribution in [1.82, 2.24) is 5.32 Å². The Bertz CT molecular complexity index is 215. The number of hydrogen-bond donors (Lipinski definition) is 2. The molecule has 0 spiro atoms. The molecule has 0 bridgehead atoms. The Balaban J connectivity index is 4.05. The summed E-state index contributed by atoms with van der Waals surface area (Å²) >= 11 is 0. The Morgan fingerprint density at radius 3 is 2.40 bits per heavy atom. The topological polar surface area (TPSA) is 75.6 Å². The maximum atomic E-state index is 11.2. The van der Waals surface area contributed by atoms with E-state index in [4.69, 9.17) is 9.84 Å². The number of carbonyl (C=O) groups is 2. The van der Waals surface area contributed by atoms with E-state index >= 15 is 0 Å². The summed E-state index contributed by atoms with van der Waals surface area (Å²) in [5, 5.41) is 11.3. The van der Waals surface area contributed by atoms with Crippen LogP contribution in [0.2, 0.25) is 0 Å². The van der Waals surface area contributed by atoms with E-state index in [-0.39, 0.29) is 18.2 Å². The van der Waals surface area contributed by atoms with Crippen LogP contribution in [0.5, 0.6) is 0 Å². The predicted molar refractivity (Wildman–Crippen MR) is 55.5 cm³/mol. The molecule has 15 heavy (non-hydrogen) atoms. The molecule has 1 amide bonds. The van der Waals surface area contributed by atoms with Crippen LogP contribution in [0.3, 0.4) is 0 Å². The monoisotopic (exact) mass is 217 g/mol. The Hall–Kier alpha value is -1.10. The quantitative estimate of drug-likeness (QED) is 0.656. The van der Waals surface area contributed by atoms with E-state index in [0.717, 1.165) is 0 Å². The molecule has 5 nitrogen and oxygen atoms in total. The molecule has 88 valence electrons. The fraction of sp³-hybridized carbons (Fsp3) is 0.800. The van der Waals surface area contributed by atoms with E-state index in [0.29, 0.717) is 13.0 Å². The fourth-order valence-electron chi connectivity index (χ4n) is 1.15. The van der Waals surface area contributed by atoms with Crippen molar-refractivity contribution < 1.29 is 19.4 Å². The number of carboxylic acid groups (broad SMARTS) is 1. The molecule has 0 aliphatic rings. The Kier molecular flexibility index (Phi) is 6.70. The van der Waals surface area contributed by atoms with Gasteiger partial charge in [-0.05, 0) is 12.3 Å². The highest BCUT2D eigenvalue weighted by Crippen LogP contribution is 2.05. The minimum Gasteiger partial charge on any atom is -0.480 e. The molecule has 0 unspecified atom stereocenters. The van der Waals surface area contributed by atoms with E-state index in [1.807, 2.05) is 13.8 Å². The summed E-state index contributed by atoms with van der Waals surface area (Å²) in [6, 6.07) is -0.797. The molecule has 0 fully saturated rings. The zero-order valence-corrected chi connectivity index (χ0v) is 9.45. The molecule has 5 heteroatoms. The molecule has 0 aromatic heterocycles. The van der Waals surface area contributed by atoms with Crippen molar-refractivity contribution >= 4 is 11.9 Å². The molecule has 0 radical (unpaired) electrons. The maximum Gasteiger partial charge on any atom is 0.326 e. The highest BCUT2D eigenvalue weighted by Gasteiger charge is 2.20. The summed E-state index contributed by atoms with van der Waals surface area (Å²) in [7, 11) is 1.50. The van der Waals surface area contributed by atoms with Gasteiger partial charge in [0.05, 0.1) is 6.61 Å². The number of ether oxygens (including phenoxy) is 1. The van der Waals surface area contributed by atoms with Crippen molar-refractivity contribution in [2.24, 2.45) is 5.92 Å². The van der Waals surface area contributed by atoms with Gasteiger partial charge in [-0.3, -0.25) is 4.79 Å². The Labute approximate surface area is 89.8 Å². The van der Waals surface area contributed by atoms with Crippen molar-refractivity contribution in [2.45, 2.75) is 32.7 Å². The first-order chi connectivity index (χ1) is 6.97. The van der Waals surface area contributed by atoms with Crippen LogP contribution in [-0.4, -0.2) is 36.7 Å². The molecule has 2 N–H and O–H groups in total. The predicted octanol–water partition coefficient (Wildman–Crippen LogP) is 0.638. The van der Waals surface area contributed by atoms with Gasteiger partial charge < -0.3 is 15.2 Å². The second kappa shape index (κ2) is 7.23. The molecule has 0 rings (SSSR count). The van der Waals surface area contributed by atoms with Gasteiger partial charge in [0.25, 0.3) is 0 Å². The van der Waals surface area contributed by atoms with Crippen LogP contribution in [0.15, 0.2) is 0 Å². The van der Waals surface area contributed by atoms with Crippen molar-refractivity contribution in [3.8, 4) is 0 Å². The van der Waals surface area contributed by atoms with E-state index in [1.165, 1.54) is 7.11 Å². The van der Waals surface area contributed by atoms with Crippen LogP contribution in [0.4, 0.5) is 0 Å². The number of methoxy groups -OCH3 is 1. The first kappa shape index (κ1) is 13.9. The molecule has 1 atom stereocenters. The second-order valence-electron chi connectivity index (χ2n) is 3.83. The molecule has 0 aliphatic carbocycles. The van der Waals surface area contributed by atoms with Gasteiger partial charge in [-0.25, -0.2) is 4.79 Å². The van der Waals surface area contributed by atoms with Crippen LogP contribution in [-0.2, 0) is 14.3 Å². The average molecular weight is 217 g/mol. The summed E-state index contributed by atoms with van der Waals surface area (Å²) in [5.74, 6) is -1.05. The zero-order chi connectivity index (χ0) is 11.8. The smallest absolute Gasteiger partial charge is 0.326 e. The molecule has 0 saturated carbocycles. The lowest BCUT2D eigenvalue weighted by Crippen LogP contribution is -2.41. The number of aliphatic carboxylic acids is 1. The van der Waals surface area contributed by atoms with Crippen LogP contribution in [0, 0.1) is 5.92 Å². The normalized spacial score (nSPS) is 12.5. The van der Waals surface area contributed by atoms with Crippen molar-refractivity contribution in [3.05, 3.63) is 0 Å². The van der Waals surface area contributed by atoms with Crippen molar-refractivity contribution in [3.63, 3.8) is 0 Å². The lowest BCUT2D eigenvalue weighted by molar-refractivity contribution is -0.142. The second-order valence-corrected chi connectivity index (χ2v) is 3.83. The third-order valence-corrected chi connectivity index (χ3v) is 1.87. The first-order valence-electron chi connectivity index (χ1n) is 4.98. The molecule has 0 aliphatic heterocycles. The number of nitrogens with one attached hydrogen (secondary N) is 1. The van der Waals surface area contributed by atoms with E-state index in [1.54, 1.807) is 0 Å². The Morgan fingerprint density at radius 1 is 1.40 bits per heavy atom. The van der Waals surface area contributed by atoms with Crippen molar-refractivity contribution in [1.29, 1.82) is 0 Å². The summed E-state index contributed by atoms with van der Waals surface area (Å²) in [4.78, 5) is 22.0. The summed E-state index contributed by atoms with van der Waals surface area (Å²) in [5.41, 5.74) is 0. The number of rotatable bonds is 7. The van der Waals surface area contributed by atoms with Gasteiger partial charge in [0.1, 0.15) is 6.04 Å². The van der Waals surface area contributed by atoms with Gasteiger partial charge in [-0.1, -0.05) is 13.8 Å². The zero-order valence-electron chi connectivity index (χ0n) is 9.45. The molecule has 0 aromatic carbocycles. The van der Waals surface area contributed by atoms with E-state index < -0.39 is 12.0 Å². The number of carbonyl (C=O) groups excluding carboxylic acids is 1. The highest BCUT2D eigenvalue weighted by molar-refractivity contribution is 5.83. The molecule has 0 aromatic rings. The molecule has 0 saturated heterocycles. The standard InChI is InChI=1S/C10H19NO4/c1-7(2)6-8(10(13)14)11-9(12)4-5-15-3/h7-8H,4-6H2,1-3H3,(H,11,12)(H,13,14)/t8-/m0/s1. The van der Waals surface area contributed by atoms with Crippen molar-refractivity contribution in [2.75, 3.05) is 13.7 Å². The highest BCUT2D eigenvalue weighted by atomic mass is 16.5. The number of carboxylic acids is 1. The summed E-state index contributed by atoms with van der Waals surface area (Å²) < 4.78 is 4.73. The summed E-state index contributed by atoms with van der Waals surface area (Å²) in [6.07, 6.45) is 0.631. The summed E-state index contributed by atoms with van der Waals surface area (Å²) in [6.45, 7) is 4.13. The average Bonchev–Trinajstić information content (AvgIpc) is 2.12. The minimum atomic E-state index is -0.991. The van der Waals surface area contributed by atoms with Gasteiger partial charge in [-0.15, -0.1) is 0 Å². The van der Waals surface area contributed by atoms with Crippen LogP contribution >= 0.6 is 0 Å². The largest absolute Gasteiger partial charge is 0.480 e. The number of amides is 1. The fourth-order valence-corrected chi connectivity index (χ4v) is 1.15. The maximum absolute atomic E-state index is 11.2. The number of hydrogen-bond acceptors (Lipinski definition) is 3. The van der Waals surface area contributed by atoms with Gasteiger partial charge >= 0.3 is 5.97 Å². The SMILES string of the molecule is COCCC(=O)N[C@@H](CC(C)C)C(=O)O. The Morgan fingerprint density at radius 2 is 2.00 bits per heavy atom. The van der Waals surface area contributed by atoms with Crippen LogP contribution in [0.25, 0.3) is 0 Å². The van der Waals surface area contributed by atoms with Gasteiger partial charge in [0.15, 0.2) is 0 Å². The molecular formula is C10H19NO4. The molecular weight excluding hydrogens is 198 g/mol. The molecule has 0 heterocycles. The van der Waals surface area contributed by atoms with Crippen LogP contribution in [0.1, 0.15) is 26.7 Å². The van der Waals surface area contributed by atoms with E-state index in [2.05, 4.69) is 5.32 Å². The minimum absolute atomic E-state index is 0.193. The lowest BCUT2D eigenvalue weighted by Gasteiger charge is -2.16. The third kappa shape index (κ3) is 6.90. The van der Waals surface area contributed by atoms with Gasteiger partial charge in [0.2, 0.25) is 5.91 Å². The van der Waals surface area contributed by atoms with Gasteiger partial charge in [0, 0.05) is 13.5 Å².